The quantitative estimate of drug-likeness (QED) is 0.512. The van der Waals surface area contributed by atoms with E-state index < -0.39 is 0 Å². The summed E-state index contributed by atoms with van der Waals surface area (Å²) in [5, 5.41) is 0. The Hall–Kier alpha value is -1.76. The molecule has 2 aromatic rings. The van der Waals surface area contributed by atoms with Gasteiger partial charge in [0.05, 0.1) is 0 Å². The highest BCUT2D eigenvalue weighted by Gasteiger charge is 2.18. The first-order valence-electron chi connectivity index (χ1n) is 11.6. The van der Waals surface area contributed by atoms with E-state index in [4.69, 9.17) is 0 Å². The lowest BCUT2D eigenvalue weighted by atomic mass is 9.92. The predicted molar refractivity (Wildman–Crippen MR) is 130 cm³/mol. The van der Waals surface area contributed by atoms with E-state index in [0.717, 1.165) is 5.92 Å². The van der Waals surface area contributed by atoms with Crippen molar-refractivity contribution in [2.24, 2.45) is 0 Å². The fraction of sp³-hybridized carbons (Fsp3) is 0.556. The zero-order valence-corrected chi connectivity index (χ0v) is 19.8. The minimum atomic E-state index is 0.612. The van der Waals surface area contributed by atoms with Crippen molar-refractivity contribution in [3.63, 3.8) is 0 Å². The summed E-state index contributed by atoms with van der Waals surface area (Å²) in [5.74, 6) is 1.33. The number of benzene rings is 2. The van der Waals surface area contributed by atoms with E-state index in [9.17, 15) is 0 Å². The van der Waals surface area contributed by atoms with Crippen LogP contribution in [0.2, 0.25) is 0 Å². The molecule has 1 fully saturated rings. The monoisotopic (exact) mass is 383 g/mol. The van der Waals surface area contributed by atoms with Crippen LogP contribution >= 0.6 is 0 Å². The molecule has 28 heavy (non-hydrogen) atoms. The summed E-state index contributed by atoms with van der Waals surface area (Å²) in [5.41, 5.74) is 4.33. The Morgan fingerprint density at radius 2 is 1.29 bits per heavy atom. The van der Waals surface area contributed by atoms with Crippen molar-refractivity contribution in [3.05, 3.63) is 65.7 Å². The van der Waals surface area contributed by atoms with Gasteiger partial charge in [0.2, 0.25) is 0 Å². The SMILES string of the molecule is CC.CC.CC.CC(C)c1ccc(N2CCCC(c3ccccc3)CC2)cc1. The van der Waals surface area contributed by atoms with Crippen LogP contribution in [-0.2, 0) is 0 Å². The second kappa shape index (κ2) is 16.2. The topological polar surface area (TPSA) is 3.24 Å². The molecule has 3 rings (SSSR count). The maximum absolute atomic E-state index is 2.56. The fourth-order valence-electron chi connectivity index (χ4n) is 3.48. The largest absolute Gasteiger partial charge is 0.372 e. The van der Waals surface area contributed by atoms with Crippen molar-refractivity contribution in [2.75, 3.05) is 18.0 Å². The Bertz CT molecular complexity index is 571. The Kier molecular flexibility index (Phi) is 15.2. The van der Waals surface area contributed by atoms with Crippen molar-refractivity contribution in [3.8, 4) is 0 Å². The highest BCUT2D eigenvalue weighted by molar-refractivity contribution is 5.48. The molecule has 2 aromatic carbocycles. The van der Waals surface area contributed by atoms with Crippen molar-refractivity contribution in [1.82, 2.24) is 0 Å². The molecule has 1 aliphatic heterocycles. The van der Waals surface area contributed by atoms with Gasteiger partial charge in [0.1, 0.15) is 0 Å². The summed E-state index contributed by atoms with van der Waals surface area (Å²) in [6, 6.07) is 20.2. The summed E-state index contributed by atoms with van der Waals surface area (Å²) in [7, 11) is 0. The number of hydrogen-bond donors (Lipinski definition) is 0. The second-order valence-electron chi connectivity index (χ2n) is 6.77. The second-order valence-corrected chi connectivity index (χ2v) is 6.77. The van der Waals surface area contributed by atoms with Crippen LogP contribution < -0.4 is 4.90 Å². The highest BCUT2D eigenvalue weighted by atomic mass is 15.1. The maximum atomic E-state index is 2.56. The predicted octanol–water partition coefficient (Wildman–Crippen LogP) is 8.66. The van der Waals surface area contributed by atoms with Gasteiger partial charge in [-0.2, -0.15) is 0 Å². The van der Waals surface area contributed by atoms with Gasteiger partial charge in [0.15, 0.2) is 0 Å². The summed E-state index contributed by atoms with van der Waals surface area (Å²) < 4.78 is 0. The Morgan fingerprint density at radius 3 is 1.82 bits per heavy atom. The first-order valence-corrected chi connectivity index (χ1v) is 11.6. The lowest BCUT2D eigenvalue weighted by Gasteiger charge is -2.23. The van der Waals surface area contributed by atoms with Crippen molar-refractivity contribution in [1.29, 1.82) is 0 Å². The molecule has 1 unspecified atom stereocenters. The van der Waals surface area contributed by atoms with Crippen LogP contribution in [0.3, 0.4) is 0 Å². The van der Waals surface area contributed by atoms with E-state index >= 15 is 0 Å². The molecule has 0 saturated carbocycles. The van der Waals surface area contributed by atoms with Gasteiger partial charge >= 0.3 is 0 Å². The molecule has 0 radical (unpaired) electrons. The molecule has 1 atom stereocenters. The van der Waals surface area contributed by atoms with E-state index in [-0.39, 0.29) is 0 Å². The third-order valence-corrected chi connectivity index (χ3v) is 4.92. The molecule has 1 heterocycles. The molecule has 0 aromatic heterocycles. The summed E-state index contributed by atoms with van der Waals surface area (Å²) in [6.07, 6.45) is 3.85. The van der Waals surface area contributed by atoms with E-state index in [0.29, 0.717) is 5.92 Å². The van der Waals surface area contributed by atoms with Crippen LogP contribution in [-0.4, -0.2) is 13.1 Å². The standard InChI is InChI=1S/C21H27N.3C2H6/c1-17(2)18-10-12-21(13-11-18)22-15-6-9-20(14-16-22)19-7-4-3-5-8-19;3*1-2/h3-5,7-8,10-13,17,20H,6,9,14-16H2,1-2H3;3*1-2H3. The molecule has 0 amide bonds. The normalized spacial score (nSPS) is 15.8. The number of nitrogens with zero attached hydrogens (tertiary/aromatic N) is 1. The van der Waals surface area contributed by atoms with Gasteiger partial charge in [-0.1, -0.05) is 97.9 Å². The Morgan fingerprint density at radius 1 is 0.714 bits per heavy atom. The minimum absolute atomic E-state index is 0.612. The minimum Gasteiger partial charge on any atom is -0.372 e. The Balaban J connectivity index is 0.00000111. The van der Waals surface area contributed by atoms with Crippen LogP contribution in [0.5, 0.6) is 0 Å². The molecule has 1 aliphatic rings. The van der Waals surface area contributed by atoms with E-state index in [1.807, 2.05) is 41.5 Å². The van der Waals surface area contributed by atoms with Crippen LogP contribution in [0.4, 0.5) is 5.69 Å². The van der Waals surface area contributed by atoms with E-state index in [1.54, 1.807) is 0 Å². The molecular formula is C27H45N. The first-order chi connectivity index (χ1) is 13.7. The highest BCUT2D eigenvalue weighted by Crippen LogP contribution is 2.30. The molecule has 0 spiro atoms. The van der Waals surface area contributed by atoms with Gasteiger partial charge in [-0.3, -0.25) is 0 Å². The molecule has 1 saturated heterocycles. The lowest BCUT2D eigenvalue weighted by molar-refractivity contribution is 0.612. The summed E-state index contributed by atoms with van der Waals surface area (Å²) in [6.45, 7) is 18.9. The van der Waals surface area contributed by atoms with Gasteiger partial charge < -0.3 is 4.90 Å². The number of rotatable bonds is 3. The Labute approximate surface area is 176 Å². The molecule has 1 nitrogen and oxygen atoms in total. The summed E-state index contributed by atoms with van der Waals surface area (Å²) >= 11 is 0. The molecule has 1 heteroatoms. The van der Waals surface area contributed by atoms with E-state index in [2.05, 4.69) is 73.3 Å². The molecular weight excluding hydrogens is 338 g/mol. The van der Waals surface area contributed by atoms with Gasteiger partial charge in [-0.05, 0) is 54.4 Å². The third kappa shape index (κ3) is 8.50. The van der Waals surface area contributed by atoms with E-state index in [1.165, 1.54) is 49.2 Å². The lowest BCUT2D eigenvalue weighted by Crippen LogP contribution is -2.24. The molecule has 158 valence electrons. The molecule has 0 aliphatic carbocycles. The average molecular weight is 384 g/mol. The molecule has 0 bridgehead atoms. The fourth-order valence-corrected chi connectivity index (χ4v) is 3.48. The van der Waals surface area contributed by atoms with Crippen molar-refractivity contribution >= 4 is 5.69 Å². The van der Waals surface area contributed by atoms with Gasteiger partial charge in [-0.15, -0.1) is 0 Å². The van der Waals surface area contributed by atoms with Crippen molar-refractivity contribution < 1.29 is 0 Å². The van der Waals surface area contributed by atoms with Gasteiger partial charge in [0, 0.05) is 18.8 Å². The zero-order valence-electron chi connectivity index (χ0n) is 19.8. The van der Waals surface area contributed by atoms with Gasteiger partial charge in [0.25, 0.3) is 0 Å². The van der Waals surface area contributed by atoms with Crippen LogP contribution in [0.15, 0.2) is 54.6 Å². The van der Waals surface area contributed by atoms with Gasteiger partial charge in [-0.25, -0.2) is 0 Å². The zero-order chi connectivity index (χ0) is 21.4. The maximum Gasteiger partial charge on any atom is 0.0366 e. The first kappa shape index (κ1) is 26.2. The average Bonchev–Trinajstić information content (AvgIpc) is 3.05. The third-order valence-electron chi connectivity index (χ3n) is 4.92. The summed E-state index contributed by atoms with van der Waals surface area (Å²) in [4.78, 5) is 2.56. The molecule has 0 N–H and O–H groups in total. The van der Waals surface area contributed by atoms with Crippen molar-refractivity contribution in [2.45, 2.75) is 86.5 Å². The number of anilines is 1. The van der Waals surface area contributed by atoms with Crippen LogP contribution in [0, 0.1) is 0 Å². The van der Waals surface area contributed by atoms with Crippen LogP contribution in [0.25, 0.3) is 0 Å². The van der Waals surface area contributed by atoms with Crippen LogP contribution in [0.1, 0.15) is 97.6 Å². The number of hydrogen-bond acceptors (Lipinski definition) is 1. The smallest absolute Gasteiger partial charge is 0.0366 e.